The maximum Gasteiger partial charge on any atom is 0.222 e. The van der Waals surface area contributed by atoms with Gasteiger partial charge in [-0.2, -0.15) is 10.2 Å². The molecule has 0 radical (unpaired) electrons. The van der Waals surface area contributed by atoms with Gasteiger partial charge in [0.1, 0.15) is 23.2 Å². The minimum atomic E-state index is 0.0187. The van der Waals surface area contributed by atoms with Gasteiger partial charge in [-0.05, 0) is 24.6 Å². The molecule has 0 amide bonds. The molecule has 0 saturated heterocycles. The quantitative estimate of drug-likeness (QED) is 0.820. The van der Waals surface area contributed by atoms with Crippen LogP contribution < -0.4 is 16.2 Å². The summed E-state index contributed by atoms with van der Waals surface area (Å²) in [6.45, 7) is 2.64. The number of ether oxygens (including phenoxy) is 1. The summed E-state index contributed by atoms with van der Waals surface area (Å²) < 4.78 is 5.64. The SMILES string of the molecule is CCCOc1ccc(-c2nc(N)nc(N)c2C#N)cc1CCl. The molecule has 0 saturated carbocycles. The number of nitrogens with two attached hydrogens (primary N) is 2. The lowest BCUT2D eigenvalue weighted by Gasteiger charge is -2.12. The van der Waals surface area contributed by atoms with Crippen molar-refractivity contribution in [3.63, 3.8) is 0 Å². The minimum Gasteiger partial charge on any atom is -0.493 e. The monoisotopic (exact) mass is 317 g/mol. The van der Waals surface area contributed by atoms with Gasteiger partial charge in [-0.3, -0.25) is 0 Å². The molecule has 0 aliphatic rings. The van der Waals surface area contributed by atoms with Crippen LogP contribution in [0.25, 0.3) is 11.3 Å². The maximum atomic E-state index is 9.25. The van der Waals surface area contributed by atoms with Gasteiger partial charge in [-0.1, -0.05) is 6.92 Å². The van der Waals surface area contributed by atoms with Crippen molar-refractivity contribution in [2.45, 2.75) is 19.2 Å². The van der Waals surface area contributed by atoms with E-state index in [1.165, 1.54) is 0 Å². The summed E-state index contributed by atoms with van der Waals surface area (Å²) in [6.07, 6.45) is 0.904. The molecule has 1 aromatic carbocycles. The van der Waals surface area contributed by atoms with E-state index in [9.17, 15) is 5.26 Å². The number of aromatic nitrogens is 2. The summed E-state index contributed by atoms with van der Waals surface area (Å²) in [6, 6.07) is 7.42. The van der Waals surface area contributed by atoms with E-state index in [4.69, 9.17) is 27.8 Å². The average molecular weight is 318 g/mol. The number of nitrogens with zero attached hydrogens (tertiary/aromatic N) is 3. The number of nitriles is 1. The highest BCUT2D eigenvalue weighted by Gasteiger charge is 2.15. The Bertz CT molecular complexity index is 727. The van der Waals surface area contributed by atoms with Crippen LogP contribution in [0.5, 0.6) is 5.75 Å². The molecule has 2 rings (SSSR count). The standard InChI is InChI=1S/C15H16ClN5O/c1-2-5-22-12-4-3-9(6-10(12)7-16)13-11(8-17)14(18)21-15(19)20-13/h3-4,6H,2,5,7H2,1H3,(H4,18,19,20,21). The van der Waals surface area contributed by atoms with Crippen molar-refractivity contribution in [3.8, 4) is 23.1 Å². The van der Waals surface area contributed by atoms with Gasteiger partial charge < -0.3 is 16.2 Å². The van der Waals surface area contributed by atoms with Gasteiger partial charge >= 0.3 is 0 Å². The van der Waals surface area contributed by atoms with Gasteiger partial charge in [0.25, 0.3) is 0 Å². The first-order chi connectivity index (χ1) is 10.6. The topological polar surface area (TPSA) is 111 Å². The Morgan fingerprint density at radius 2 is 2.09 bits per heavy atom. The number of anilines is 2. The highest BCUT2D eigenvalue weighted by molar-refractivity contribution is 6.17. The van der Waals surface area contributed by atoms with Gasteiger partial charge in [-0.25, -0.2) is 4.98 Å². The maximum absolute atomic E-state index is 9.25. The van der Waals surface area contributed by atoms with Crippen LogP contribution in [0, 0.1) is 11.3 Å². The van der Waals surface area contributed by atoms with E-state index in [0.717, 1.165) is 12.0 Å². The Morgan fingerprint density at radius 1 is 1.32 bits per heavy atom. The fourth-order valence-electron chi connectivity index (χ4n) is 2.00. The Morgan fingerprint density at radius 3 is 2.73 bits per heavy atom. The molecule has 0 bridgehead atoms. The predicted octanol–water partition coefficient (Wildman–Crippen LogP) is 2.71. The van der Waals surface area contributed by atoms with Crippen molar-refractivity contribution in [1.29, 1.82) is 5.26 Å². The van der Waals surface area contributed by atoms with Gasteiger partial charge in [0.2, 0.25) is 5.95 Å². The Balaban J connectivity index is 2.52. The molecular formula is C15H16ClN5O. The van der Waals surface area contributed by atoms with Crippen molar-refractivity contribution < 1.29 is 4.74 Å². The fourth-order valence-corrected chi connectivity index (χ4v) is 2.21. The smallest absolute Gasteiger partial charge is 0.222 e. The Hall–Kier alpha value is -2.52. The van der Waals surface area contributed by atoms with Crippen LogP contribution in [0.2, 0.25) is 0 Å². The lowest BCUT2D eigenvalue weighted by molar-refractivity contribution is 0.315. The zero-order chi connectivity index (χ0) is 16.1. The van der Waals surface area contributed by atoms with Crippen LogP contribution >= 0.6 is 11.6 Å². The number of halogens is 1. The van der Waals surface area contributed by atoms with E-state index in [-0.39, 0.29) is 23.2 Å². The highest BCUT2D eigenvalue weighted by Crippen LogP contribution is 2.30. The molecule has 0 atom stereocenters. The van der Waals surface area contributed by atoms with E-state index >= 15 is 0 Å². The van der Waals surface area contributed by atoms with Crippen LogP contribution in [-0.4, -0.2) is 16.6 Å². The Labute approximate surface area is 133 Å². The first-order valence-electron chi connectivity index (χ1n) is 6.75. The van der Waals surface area contributed by atoms with Crippen molar-refractivity contribution >= 4 is 23.4 Å². The van der Waals surface area contributed by atoms with Crippen molar-refractivity contribution in [2.24, 2.45) is 0 Å². The number of rotatable bonds is 5. The Kier molecular flexibility index (Phi) is 5.02. The second-order valence-corrected chi connectivity index (χ2v) is 4.87. The molecular weight excluding hydrogens is 302 g/mol. The van der Waals surface area contributed by atoms with Crippen LogP contribution in [-0.2, 0) is 5.88 Å². The van der Waals surface area contributed by atoms with Crippen LogP contribution in [0.15, 0.2) is 18.2 Å². The summed E-state index contributed by atoms with van der Waals surface area (Å²) in [7, 11) is 0. The van der Waals surface area contributed by atoms with E-state index in [2.05, 4.69) is 9.97 Å². The molecule has 4 N–H and O–H groups in total. The molecule has 114 valence electrons. The number of hydrogen-bond donors (Lipinski definition) is 2. The van der Waals surface area contributed by atoms with Gasteiger partial charge in [0.15, 0.2) is 0 Å². The lowest BCUT2D eigenvalue weighted by atomic mass is 10.0. The fraction of sp³-hybridized carbons (Fsp3) is 0.267. The average Bonchev–Trinajstić information content (AvgIpc) is 2.52. The van der Waals surface area contributed by atoms with Gasteiger partial charge in [-0.15, -0.1) is 11.6 Å². The van der Waals surface area contributed by atoms with Crippen molar-refractivity contribution in [2.75, 3.05) is 18.1 Å². The van der Waals surface area contributed by atoms with Crippen molar-refractivity contribution in [3.05, 3.63) is 29.3 Å². The first-order valence-corrected chi connectivity index (χ1v) is 7.29. The van der Waals surface area contributed by atoms with E-state index in [0.29, 0.717) is 23.6 Å². The van der Waals surface area contributed by atoms with E-state index in [1.807, 2.05) is 19.1 Å². The third-order valence-electron chi connectivity index (χ3n) is 3.01. The number of alkyl halides is 1. The largest absolute Gasteiger partial charge is 0.493 e. The normalized spacial score (nSPS) is 10.2. The van der Waals surface area contributed by atoms with E-state index in [1.54, 1.807) is 12.1 Å². The predicted molar refractivity (Wildman–Crippen MR) is 86.4 cm³/mol. The molecule has 22 heavy (non-hydrogen) atoms. The summed E-state index contributed by atoms with van der Waals surface area (Å²) in [5.41, 5.74) is 13.4. The van der Waals surface area contributed by atoms with E-state index < -0.39 is 0 Å². The molecule has 0 unspecified atom stereocenters. The first kappa shape index (κ1) is 15.9. The minimum absolute atomic E-state index is 0.0187. The zero-order valence-electron chi connectivity index (χ0n) is 12.1. The third-order valence-corrected chi connectivity index (χ3v) is 3.29. The summed E-state index contributed by atoms with van der Waals surface area (Å²) in [5.74, 6) is 1.08. The van der Waals surface area contributed by atoms with Crippen molar-refractivity contribution in [1.82, 2.24) is 9.97 Å². The zero-order valence-corrected chi connectivity index (χ0v) is 12.9. The summed E-state index contributed by atoms with van der Waals surface area (Å²) in [4.78, 5) is 7.92. The molecule has 0 fully saturated rings. The molecule has 7 heteroatoms. The molecule has 0 aliphatic heterocycles. The summed E-state index contributed by atoms with van der Waals surface area (Å²) >= 11 is 5.98. The highest BCUT2D eigenvalue weighted by atomic mass is 35.5. The van der Waals surface area contributed by atoms with Gasteiger partial charge in [0, 0.05) is 11.1 Å². The second kappa shape index (κ2) is 6.96. The lowest BCUT2D eigenvalue weighted by Crippen LogP contribution is -2.05. The van der Waals surface area contributed by atoms with Gasteiger partial charge in [0.05, 0.1) is 18.2 Å². The molecule has 1 aromatic heterocycles. The molecule has 0 aliphatic carbocycles. The molecule has 0 spiro atoms. The number of benzene rings is 1. The van der Waals surface area contributed by atoms with Crippen LogP contribution in [0.3, 0.4) is 0 Å². The molecule has 6 nitrogen and oxygen atoms in total. The number of nitrogen functional groups attached to an aromatic ring is 2. The number of hydrogen-bond acceptors (Lipinski definition) is 6. The van der Waals surface area contributed by atoms with Crippen LogP contribution in [0.4, 0.5) is 11.8 Å². The molecule has 1 heterocycles. The van der Waals surface area contributed by atoms with Crippen LogP contribution in [0.1, 0.15) is 24.5 Å². The molecule has 2 aromatic rings. The summed E-state index contributed by atoms with van der Waals surface area (Å²) in [5, 5.41) is 9.25. The second-order valence-electron chi connectivity index (χ2n) is 4.61. The third kappa shape index (κ3) is 3.21.